The fraction of sp³-hybridized carbons (Fsp3) is 0.556. The number of anilines is 1. The molecule has 134 valence electrons. The van der Waals surface area contributed by atoms with Crippen LogP contribution in [0.5, 0.6) is 0 Å². The zero-order chi connectivity index (χ0) is 17.6. The van der Waals surface area contributed by atoms with Gasteiger partial charge in [-0.3, -0.25) is 9.79 Å². The van der Waals surface area contributed by atoms with Crippen LogP contribution in [0.2, 0.25) is 0 Å². The van der Waals surface area contributed by atoms with E-state index in [1.54, 1.807) is 7.11 Å². The van der Waals surface area contributed by atoms with E-state index in [0.717, 1.165) is 36.9 Å². The quantitative estimate of drug-likeness (QED) is 0.281. The van der Waals surface area contributed by atoms with Crippen molar-refractivity contribution in [2.75, 3.05) is 25.6 Å². The molecule has 0 heterocycles. The van der Waals surface area contributed by atoms with Crippen LogP contribution in [0.4, 0.5) is 5.69 Å². The van der Waals surface area contributed by atoms with Gasteiger partial charge in [0.2, 0.25) is 0 Å². The Balaban J connectivity index is 2.22. The summed E-state index contributed by atoms with van der Waals surface area (Å²) in [4.78, 5) is 15.5. The van der Waals surface area contributed by atoms with E-state index >= 15 is 0 Å². The largest absolute Gasteiger partial charge is 0.466 e. The predicted molar refractivity (Wildman–Crippen MR) is 97.0 cm³/mol. The summed E-state index contributed by atoms with van der Waals surface area (Å²) >= 11 is 0. The number of hydrogen-bond acceptors (Lipinski definition) is 4. The number of aliphatic imine (C=N–C) groups is 1. The number of unbranched alkanes of at least 4 members (excludes halogenated alkanes) is 3. The smallest absolute Gasteiger partial charge is 0.305 e. The second kappa shape index (κ2) is 12.4. The Bertz CT molecular complexity index is 518. The number of rotatable bonds is 11. The van der Waals surface area contributed by atoms with Crippen molar-refractivity contribution >= 4 is 17.6 Å². The predicted octanol–water partition coefficient (Wildman–Crippen LogP) is 3.07. The molecule has 1 aromatic rings. The first-order chi connectivity index (χ1) is 11.7. The number of benzene rings is 1. The molecule has 0 fully saturated rings. The number of carbonyl (C=O) groups is 1. The van der Waals surface area contributed by atoms with Crippen molar-refractivity contribution in [1.29, 1.82) is 0 Å². The van der Waals surface area contributed by atoms with E-state index in [0.29, 0.717) is 32.1 Å². The Kier molecular flexibility index (Phi) is 10.3. The monoisotopic (exact) mass is 335 g/mol. The van der Waals surface area contributed by atoms with Crippen LogP contribution in [-0.2, 0) is 20.9 Å². The maximum atomic E-state index is 11.2. The number of ether oxygens (including phenoxy) is 2. The summed E-state index contributed by atoms with van der Waals surface area (Å²) in [5.41, 5.74) is 7.87. The third-order valence-corrected chi connectivity index (χ3v) is 3.46. The molecule has 1 aromatic carbocycles. The van der Waals surface area contributed by atoms with Crippen LogP contribution in [0.1, 0.15) is 44.6 Å². The number of methoxy groups -OCH3 is 1. The molecule has 24 heavy (non-hydrogen) atoms. The third kappa shape index (κ3) is 8.53. The first-order valence-corrected chi connectivity index (χ1v) is 8.46. The highest BCUT2D eigenvalue weighted by Gasteiger charge is 2.03. The van der Waals surface area contributed by atoms with Crippen molar-refractivity contribution in [2.45, 2.75) is 45.6 Å². The number of hydrogen-bond donors (Lipinski definition) is 2. The molecule has 0 aliphatic carbocycles. The summed E-state index contributed by atoms with van der Waals surface area (Å²) in [6, 6.07) is 7.84. The van der Waals surface area contributed by atoms with E-state index in [1.807, 2.05) is 31.2 Å². The van der Waals surface area contributed by atoms with Crippen molar-refractivity contribution in [3.05, 3.63) is 29.8 Å². The van der Waals surface area contributed by atoms with E-state index in [1.165, 1.54) is 0 Å². The fourth-order valence-electron chi connectivity index (χ4n) is 2.27. The molecule has 0 atom stereocenters. The summed E-state index contributed by atoms with van der Waals surface area (Å²) < 4.78 is 10.1. The number of nitrogens with two attached hydrogens (primary N) is 1. The topological polar surface area (TPSA) is 85.9 Å². The van der Waals surface area contributed by atoms with Gasteiger partial charge in [0.25, 0.3) is 0 Å². The van der Waals surface area contributed by atoms with Gasteiger partial charge in [-0.05, 0) is 25.8 Å². The molecular formula is C18H29N3O3. The third-order valence-electron chi connectivity index (χ3n) is 3.46. The lowest BCUT2D eigenvalue weighted by molar-refractivity contribution is -0.143. The highest BCUT2D eigenvalue weighted by Crippen LogP contribution is 2.15. The highest BCUT2D eigenvalue weighted by molar-refractivity contribution is 5.92. The Hall–Kier alpha value is -2.08. The second-order valence-corrected chi connectivity index (χ2v) is 5.45. The molecule has 0 saturated carbocycles. The number of nitrogens with zero attached hydrogens (tertiary/aromatic N) is 1. The minimum Gasteiger partial charge on any atom is -0.466 e. The molecule has 0 aliphatic rings. The van der Waals surface area contributed by atoms with Gasteiger partial charge < -0.3 is 20.5 Å². The average molecular weight is 335 g/mol. The van der Waals surface area contributed by atoms with Gasteiger partial charge in [0.15, 0.2) is 5.96 Å². The summed E-state index contributed by atoms with van der Waals surface area (Å²) in [5, 5.41) is 3.11. The summed E-state index contributed by atoms with van der Waals surface area (Å²) in [5.74, 6) is 0.295. The fourth-order valence-corrected chi connectivity index (χ4v) is 2.27. The minimum atomic E-state index is -0.112. The lowest BCUT2D eigenvalue weighted by Crippen LogP contribution is -2.23. The maximum Gasteiger partial charge on any atom is 0.305 e. The lowest BCUT2D eigenvalue weighted by Gasteiger charge is -2.10. The van der Waals surface area contributed by atoms with Crippen molar-refractivity contribution < 1.29 is 14.3 Å². The van der Waals surface area contributed by atoms with Crippen LogP contribution in [-0.4, -0.2) is 32.2 Å². The molecule has 0 amide bonds. The summed E-state index contributed by atoms with van der Waals surface area (Å²) in [7, 11) is 1.66. The lowest BCUT2D eigenvalue weighted by atomic mass is 10.1. The highest BCUT2D eigenvalue weighted by atomic mass is 16.5. The van der Waals surface area contributed by atoms with Crippen LogP contribution >= 0.6 is 0 Å². The molecule has 1 rings (SSSR count). The van der Waals surface area contributed by atoms with Gasteiger partial charge in [-0.2, -0.15) is 0 Å². The van der Waals surface area contributed by atoms with E-state index < -0.39 is 0 Å². The molecule has 0 saturated heterocycles. The van der Waals surface area contributed by atoms with Crippen LogP contribution in [0.3, 0.4) is 0 Å². The standard InChI is InChI=1S/C18H29N3O3/c1-3-24-17(22)12-6-4-5-9-13-20-18(19)21-16-11-8-7-10-15(16)14-23-2/h7-8,10-11H,3-6,9,12-14H2,1-2H3,(H3,19,20,21). The molecule has 6 nitrogen and oxygen atoms in total. The van der Waals surface area contributed by atoms with Crippen LogP contribution in [0.25, 0.3) is 0 Å². The molecule has 6 heteroatoms. The van der Waals surface area contributed by atoms with Crippen LogP contribution < -0.4 is 11.1 Å². The van der Waals surface area contributed by atoms with Crippen molar-refractivity contribution in [3.63, 3.8) is 0 Å². The van der Waals surface area contributed by atoms with Gasteiger partial charge in [-0.25, -0.2) is 0 Å². The molecule has 0 radical (unpaired) electrons. The molecule has 0 spiro atoms. The van der Waals surface area contributed by atoms with Gasteiger partial charge in [0.1, 0.15) is 0 Å². The van der Waals surface area contributed by atoms with Crippen LogP contribution in [0.15, 0.2) is 29.3 Å². The van der Waals surface area contributed by atoms with Gasteiger partial charge in [-0.1, -0.05) is 31.0 Å². The zero-order valence-electron chi connectivity index (χ0n) is 14.7. The number of carbonyl (C=O) groups excluding carboxylic acids is 1. The van der Waals surface area contributed by atoms with Gasteiger partial charge in [0, 0.05) is 31.3 Å². The number of nitrogens with one attached hydrogen (secondary N) is 1. The minimum absolute atomic E-state index is 0.112. The zero-order valence-corrected chi connectivity index (χ0v) is 14.7. The van der Waals surface area contributed by atoms with Gasteiger partial charge >= 0.3 is 5.97 Å². The van der Waals surface area contributed by atoms with E-state index in [-0.39, 0.29) is 5.97 Å². The molecule has 0 aliphatic heterocycles. The maximum absolute atomic E-state index is 11.2. The average Bonchev–Trinajstić information content (AvgIpc) is 2.56. The first kappa shape index (κ1) is 20.0. The first-order valence-electron chi connectivity index (χ1n) is 8.46. The Labute approximate surface area is 144 Å². The van der Waals surface area contributed by atoms with Crippen molar-refractivity contribution in [2.24, 2.45) is 10.7 Å². The Morgan fingerprint density at radius 2 is 1.96 bits per heavy atom. The second-order valence-electron chi connectivity index (χ2n) is 5.45. The number of para-hydroxylation sites is 1. The van der Waals surface area contributed by atoms with Crippen molar-refractivity contribution in [1.82, 2.24) is 0 Å². The molecule has 0 bridgehead atoms. The number of guanidine groups is 1. The normalized spacial score (nSPS) is 11.3. The number of esters is 1. The Morgan fingerprint density at radius 1 is 1.21 bits per heavy atom. The van der Waals surface area contributed by atoms with Gasteiger partial charge in [-0.15, -0.1) is 0 Å². The SMILES string of the molecule is CCOC(=O)CCCCCCN=C(N)Nc1ccccc1COC. The van der Waals surface area contributed by atoms with E-state index in [9.17, 15) is 4.79 Å². The molecule has 3 N–H and O–H groups in total. The van der Waals surface area contributed by atoms with E-state index in [4.69, 9.17) is 15.2 Å². The summed E-state index contributed by atoms with van der Waals surface area (Å²) in [6.45, 7) is 3.47. The Morgan fingerprint density at radius 3 is 2.71 bits per heavy atom. The van der Waals surface area contributed by atoms with Crippen molar-refractivity contribution in [3.8, 4) is 0 Å². The van der Waals surface area contributed by atoms with Gasteiger partial charge in [0.05, 0.1) is 13.2 Å². The van der Waals surface area contributed by atoms with Crippen LogP contribution in [0, 0.1) is 0 Å². The summed E-state index contributed by atoms with van der Waals surface area (Å²) in [6.07, 6.45) is 4.33. The van der Waals surface area contributed by atoms with E-state index in [2.05, 4.69) is 10.3 Å². The molecule has 0 aromatic heterocycles. The molecule has 0 unspecified atom stereocenters. The molecular weight excluding hydrogens is 306 g/mol.